The van der Waals surface area contributed by atoms with Gasteiger partial charge in [0, 0.05) is 29.0 Å². The number of H-pyrrole nitrogens is 1. The fourth-order valence-corrected chi connectivity index (χ4v) is 4.91. The maximum absolute atomic E-state index is 12.9. The summed E-state index contributed by atoms with van der Waals surface area (Å²) in [4.78, 5) is 20.7. The number of hydrogen-bond acceptors (Lipinski definition) is 7. The van der Waals surface area contributed by atoms with Crippen LogP contribution < -0.4 is 4.72 Å². The summed E-state index contributed by atoms with van der Waals surface area (Å²) in [5, 5.41) is 21.9. The molecule has 0 amide bonds. The second-order valence-electron chi connectivity index (χ2n) is 8.40. The van der Waals surface area contributed by atoms with Gasteiger partial charge in [-0.15, -0.1) is 0 Å². The summed E-state index contributed by atoms with van der Waals surface area (Å²) in [5.41, 5.74) is 3.33. The van der Waals surface area contributed by atoms with Crippen molar-refractivity contribution in [1.29, 1.82) is 5.26 Å². The minimum Gasteiger partial charge on any atom is -0.475 e. The number of para-hydroxylation sites is 1. The molecular formula is C26H20F3N7O4S. The lowest BCUT2D eigenvalue weighted by Crippen LogP contribution is -2.21. The van der Waals surface area contributed by atoms with Gasteiger partial charge in [0.1, 0.15) is 12.0 Å². The summed E-state index contributed by atoms with van der Waals surface area (Å²) >= 11 is 0. The number of aromatic amines is 1. The molecule has 1 atom stereocenters. The number of benzene rings is 2. The first-order valence-electron chi connectivity index (χ1n) is 11.7. The highest BCUT2D eigenvalue weighted by molar-refractivity contribution is 7.92. The van der Waals surface area contributed by atoms with Crippen LogP contribution in [0.5, 0.6) is 0 Å². The number of nitriles is 1. The van der Waals surface area contributed by atoms with Crippen molar-refractivity contribution in [2.75, 3.05) is 4.72 Å². The molecule has 0 fully saturated rings. The number of carbonyl (C=O) groups is 1. The Bertz CT molecular complexity index is 1810. The van der Waals surface area contributed by atoms with Crippen molar-refractivity contribution in [1.82, 2.24) is 24.7 Å². The highest BCUT2D eigenvalue weighted by Crippen LogP contribution is 2.29. The van der Waals surface area contributed by atoms with Crippen LogP contribution in [0.1, 0.15) is 18.0 Å². The Morgan fingerprint density at radius 2 is 1.85 bits per heavy atom. The van der Waals surface area contributed by atoms with E-state index < -0.39 is 28.2 Å². The van der Waals surface area contributed by atoms with Crippen LogP contribution in [0.25, 0.3) is 22.3 Å². The number of nitrogens with one attached hydrogen (secondary N) is 2. The molecule has 0 aliphatic rings. The largest absolute Gasteiger partial charge is 0.490 e. The van der Waals surface area contributed by atoms with E-state index in [0.29, 0.717) is 11.3 Å². The van der Waals surface area contributed by atoms with E-state index in [1.807, 2.05) is 12.1 Å². The van der Waals surface area contributed by atoms with Crippen LogP contribution in [0.2, 0.25) is 0 Å². The molecule has 41 heavy (non-hydrogen) atoms. The molecule has 5 aromatic rings. The second-order valence-corrected chi connectivity index (χ2v) is 10.1. The van der Waals surface area contributed by atoms with Crippen LogP contribution in [0, 0.1) is 11.3 Å². The first kappa shape index (κ1) is 28.8. The molecule has 0 bridgehead atoms. The van der Waals surface area contributed by atoms with E-state index in [4.69, 9.17) is 9.90 Å². The zero-order chi connectivity index (χ0) is 29.6. The zero-order valence-corrected chi connectivity index (χ0v) is 21.6. The number of hydrogen-bond donors (Lipinski definition) is 3. The van der Waals surface area contributed by atoms with E-state index in [2.05, 4.69) is 30.8 Å². The monoisotopic (exact) mass is 583 g/mol. The first-order chi connectivity index (χ1) is 19.5. The number of aliphatic carboxylic acids is 1. The number of fused-ring (bicyclic) bond motifs is 1. The molecule has 1 unspecified atom stereocenters. The Balaban J connectivity index is 0.000000493. The lowest BCUT2D eigenvalue weighted by Gasteiger charge is -2.16. The Kier molecular flexibility index (Phi) is 8.34. The highest BCUT2D eigenvalue weighted by Gasteiger charge is 2.38. The third kappa shape index (κ3) is 6.86. The summed E-state index contributed by atoms with van der Waals surface area (Å²) < 4.78 is 61.9. The van der Waals surface area contributed by atoms with Gasteiger partial charge in [-0.05, 0) is 35.9 Å². The highest BCUT2D eigenvalue weighted by atomic mass is 32.2. The molecule has 11 nitrogen and oxygen atoms in total. The number of anilines is 1. The van der Waals surface area contributed by atoms with Crippen molar-refractivity contribution in [3.05, 3.63) is 91.1 Å². The predicted octanol–water partition coefficient (Wildman–Crippen LogP) is 4.76. The molecule has 5 rings (SSSR count). The lowest BCUT2D eigenvalue weighted by atomic mass is 10.0. The van der Waals surface area contributed by atoms with Crippen LogP contribution >= 0.6 is 0 Å². The third-order valence-electron chi connectivity index (χ3n) is 5.65. The minimum atomic E-state index is -5.08. The van der Waals surface area contributed by atoms with Crippen LogP contribution in [-0.2, 0) is 14.8 Å². The third-order valence-corrected chi connectivity index (χ3v) is 7.03. The fraction of sp³-hybridized carbons (Fsp3) is 0.115. The number of sulfonamides is 1. The van der Waals surface area contributed by atoms with Crippen LogP contribution in [-0.4, -0.2) is 50.4 Å². The molecule has 0 saturated heterocycles. The van der Waals surface area contributed by atoms with Crippen molar-refractivity contribution >= 4 is 32.7 Å². The molecule has 0 aliphatic carbocycles. The molecule has 0 aliphatic heterocycles. The van der Waals surface area contributed by atoms with E-state index in [1.165, 1.54) is 12.4 Å². The van der Waals surface area contributed by atoms with Crippen molar-refractivity contribution < 1.29 is 31.5 Å². The van der Waals surface area contributed by atoms with Crippen LogP contribution in [0.15, 0.2) is 90.5 Å². The van der Waals surface area contributed by atoms with Gasteiger partial charge in [0.25, 0.3) is 10.0 Å². The Morgan fingerprint density at radius 1 is 1.12 bits per heavy atom. The van der Waals surface area contributed by atoms with Gasteiger partial charge >= 0.3 is 12.1 Å². The summed E-state index contributed by atoms with van der Waals surface area (Å²) in [7, 11) is -3.81. The Morgan fingerprint density at radius 3 is 2.54 bits per heavy atom. The van der Waals surface area contributed by atoms with Gasteiger partial charge in [0.2, 0.25) is 0 Å². The van der Waals surface area contributed by atoms with E-state index in [0.717, 1.165) is 22.3 Å². The molecule has 210 valence electrons. The van der Waals surface area contributed by atoms with Crippen molar-refractivity contribution in [3.63, 3.8) is 0 Å². The van der Waals surface area contributed by atoms with Gasteiger partial charge in [-0.25, -0.2) is 23.2 Å². The summed E-state index contributed by atoms with van der Waals surface area (Å²) in [6, 6.07) is 18.8. The summed E-state index contributed by atoms with van der Waals surface area (Å²) in [6.45, 7) is 0. The van der Waals surface area contributed by atoms with E-state index in [1.54, 1.807) is 65.7 Å². The number of alkyl halides is 3. The summed E-state index contributed by atoms with van der Waals surface area (Å²) in [5.74, 6) is -2.76. The number of nitrogens with zero attached hydrogens (tertiary/aromatic N) is 5. The summed E-state index contributed by atoms with van der Waals surface area (Å²) in [6.07, 6.45) is 1.78. The Hall–Kier alpha value is -5.23. The number of rotatable bonds is 7. The molecular weight excluding hydrogens is 563 g/mol. The molecule has 3 heterocycles. The quantitative estimate of drug-likeness (QED) is 0.247. The number of carboxylic acid groups (broad SMARTS) is 1. The topological polar surface area (TPSA) is 167 Å². The average Bonchev–Trinajstić information content (AvgIpc) is 3.62. The van der Waals surface area contributed by atoms with Crippen molar-refractivity contribution in [2.45, 2.75) is 23.5 Å². The van der Waals surface area contributed by atoms with Gasteiger partial charge in [-0.2, -0.15) is 23.5 Å². The Labute approximate surface area is 231 Å². The molecule has 3 aromatic heterocycles. The number of aromatic nitrogens is 5. The minimum absolute atomic E-state index is 0.106. The van der Waals surface area contributed by atoms with E-state index >= 15 is 0 Å². The maximum atomic E-state index is 12.9. The maximum Gasteiger partial charge on any atom is 0.490 e. The van der Waals surface area contributed by atoms with Gasteiger partial charge in [0.05, 0.1) is 35.3 Å². The predicted molar refractivity (Wildman–Crippen MR) is 141 cm³/mol. The molecule has 0 radical (unpaired) electrons. The van der Waals surface area contributed by atoms with E-state index in [-0.39, 0.29) is 11.3 Å². The fourth-order valence-electron chi connectivity index (χ4n) is 3.79. The van der Waals surface area contributed by atoms with Crippen molar-refractivity contribution in [3.8, 4) is 17.3 Å². The SMILES string of the molecule is N#CCC(c1cccc(S(=O)(=O)Nc2ccccc2)c1)n1cc(-c2ncnc3[nH]ccc23)cn1.O=C(O)C(F)(F)F. The first-order valence-corrected chi connectivity index (χ1v) is 13.2. The number of carboxylic acids is 1. The second kappa shape index (κ2) is 11.9. The molecule has 2 aromatic carbocycles. The van der Waals surface area contributed by atoms with Gasteiger partial charge < -0.3 is 10.1 Å². The average molecular weight is 584 g/mol. The zero-order valence-electron chi connectivity index (χ0n) is 20.8. The molecule has 15 heteroatoms. The standard InChI is InChI=1S/C24H19N7O2S.C2HF3O2/c25-11-9-22(31-15-18(14-29-31)23-21-10-12-26-24(21)28-16-27-23)17-5-4-8-20(13-17)34(32,33)30-19-6-2-1-3-7-19;3-2(4,5)1(6)7/h1-8,10,12-16,22,30H,9H2,(H,26,27,28);(H,6,7). The molecule has 0 saturated carbocycles. The lowest BCUT2D eigenvalue weighted by molar-refractivity contribution is -0.192. The van der Waals surface area contributed by atoms with Gasteiger partial charge in [-0.3, -0.25) is 9.40 Å². The van der Waals surface area contributed by atoms with Gasteiger partial charge in [-0.1, -0.05) is 30.3 Å². The van der Waals surface area contributed by atoms with Crippen molar-refractivity contribution in [2.24, 2.45) is 0 Å². The smallest absolute Gasteiger partial charge is 0.475 e. The molecule has 3 N–H and O–H groups in total. The van der Waals surface area contributed by atoms with Crippen LogP contribution in [0.4, 0.5) is 18.9 Å². The number of halogens is 3. The normalized spacial score (nSPS) is 12.1. The van der Waals surface area contributed by atoms with Gasteiger partial charge in [0.15, 0.2) is 0 Å². The molecule has 0 spiro atoms. The van der Waals surface area contributed by atoms with Crippen LogP contribution in [0.3, 0.4) is 0 Å². The van der Waals surface area contributed by atoms with E-state index in [9.17, 15) is 26.9 Å².